The second-order valence-electron chi connectivity index (χ2n) is 4.40. The second-order valence-corrected chi connectivity index (χ2v) is 4.40. The van der Waals surface area contributed by atoms with E-state index in [0.717, 1.165) is 11.8 Å². The van der Waals surface area contributed by atoms with Crippen molar-refractivity contribution in [2.24, 2.45) is 17.8 Å². The van der Waals surface area contributed by atoms with Crippen molar-refractivity contribution in [3.8, 4) is 0 Å². The lowest BCUT2D eigenvalue weighted by atomic mass is 9.93. The third kappa shape index (κ3) is 2.48. The van der Waals surface area contributed by atoms with Gasteiger partial charge in [0, 0.05) is 6.61 Å². The van der Waals surface area contributed by atoms with Gasteiger partial charge in [0.1, 0.15) is 0 Å². The average molecular weight is 170 g/mol. The third-order valence-corrected chi connectivity index (χ3v) is 3.33. The molecule has 0 bridgehead atoms. The van der Waals surface area contributed by atoms with E-state index in [1.807, 2.05) is 0 Å². The number of unbranched alkanes of at least 4 members (excludes halogenated alkanes) is 1. The molecule has 12 heavy (non-hydrogen) atoms. The van der Waals surface area contributed by atoms with Crippen molar-refractivity contribution in [1.82, 2.24) is 0 Å². The molecule has 1 N–H and O–H groups in total. The summed E-state index contributed by atoms with van der Waals surface area (Å²) in [5.41, 5.74) is 0. The quantitative estimate of drug-likeness (QED) is 0.688. The highest BCUT2D eigenvalue weighted by Crippen LogP contribution is 2.38. The van der Waals surface area contributed by atoms with Crippen molar-refractivity contribution >= 4 is 0 Å². The molecule has 3 atom stereocenters. The summed E-state index contributed by atoms with van der Waals surface area (Å²) in [5, 5.41) is 9.03. The molecule has 1 fully saturated rings. The monoisotopic (exact) mass is 170 g/mol. The Morgan fingerprint density at radius 2 is 2.08 bits per heavy atom. The van der Waals surface area contributed by atoms with Crippen LogP contribution in [-0.4, -0.2) is 11.7 Å². The summed E-state index contributed by atoms with van der Waals surface area (Å²) >= 11 is 0. The molecule has 0 amide bonds. The SMILES string of the molecule is CCCCC1CC(CO)CC1C. The molecule has 0 aromatic carbocycles. The molecule has 1 saturated carbocycles. The Labute approximate surface area is 76.2 Å². The van der Waals surface area contributed by atoms with Crippen molar-refractivity contribution in [3.05, 3.63) is 0 Å². The molecule has 72 valence electrons. The number of rotatable bonds is 4. The summed E-state index contributed by atoms with van der Waals surface area (Å²) in [6.45, 7) is 5.01. The van der Waals surface area contributed by atoms with E-state index >= 15 is 0 Å². The van der Waals surface area contributed by atoms with Crippen molar-refractivity contribution in [2.75, 3.05) is 6.61 Å². The van der Waals surface area contributed by atoms with E-state index < -0.39 is 0 Å². The van der Waals surface area contributed by atoms with E-state index in [9.17, 15) is 0 Å². The molecule has 1 heteroatoms. The van der Waals surface area contributed by atoms with Gasteiger partial charge in [0.15, 0.2) is 0 Å². The summed E-state index contributed by atoms with van der Waals surface area (Å²) < 4.78 is 0. The van der Waals surface area contributed by atoms with Crippen LogP contribution < -0.4 is 0 Å². The number of aliphatic hydroxyl groups excluding tert-OH is 1. The molecule has 0 radical (unpaired) electrons. The first-order valence-corrected chi connectivity index (χ1v) is 5.38. The molecule has 1 rings (SSSR count). The van der Waals surface area contributed by atoms with Gasteiger partial charge in [-0.15, -0.1) is 0 Å². The maximum absolute atomic E-state index is 9.03. The van der Waals surface area contributed by atoms with Gasteiger partial charge in [-0.05, 0) is 30.6 Å². The number of hydrogen-bond donors (Lipinski definition) is 1. The lowest BCUT2D eigenvalue weighted by Gasteiger charge is -2.13. The van der Waals surface area contributed by atoms with E-state index in [2.05, 4.69) is 13.8 Å². The van der Waals surface area contributed by atoms with Gasteiger partial charge in [0.05, 0.1) is 0 Å². The minimum absolute atomic E-state index is 0.410. The standard InChI is InChI=1S/C11H22O/c1-3-4-5-11-7-10(8-12)6-9(11)2/h9-12H,3-8H2,1-2H3. The van der Waals surface area contributed by atoms with Crippen LogP contribution in [0.25, 0.3) is 0 Å². The van der Waals surface area contributed by atoms with E-state index in [1.54, 1.807) is 0 Å². The summed E-state index contributed by atoms with van der Waals surface area (Å²) in [6.07, 6.45) is 6.59. The molecule has 0 aromatic heterocycles. The topological polar surface area (TPSA) is 20.2 Å². The molecule has 0 aliphatic heterocycles. The van der Waals surface area contributed by atoms with Crippen LogP contribution in [0.1, 0.15) is 46.0 Å². The summed E-state index contributed by atoms with van der Waals surface area (Å²) in [5.74, 6) is 2.37. The Bertz CT molecular complexity index is 122. The first-order valence-electron chi connectivity index (χ1n) is 5.38. The number of hydrogen-bond acceptors (Lipinski definition) is 1. The molecular formula is C11H22O. The first-order chi connectivity index (χ1) is 5.77. The molecule has 0 spiro atoms. The fourth-order valence-electron chi connectivity index (χ4n) is 2.49. The van der Waals surface area contributed by atoms with Crippen LogP contribution in [0.15, 0.2) is 0 Å². The van der Waals surface area contributed by atoms with Gasteiger partial charge in [-0.2, -0.15) is 0 Å². The highest BCUT2D eigenvalue weighted by atomic mass is 16.3. The van der Waals surface area contributed by atoms with Gasteiger partial charge < -0.3 is 5.11 Å². The molecule has 3 unspecified atom stereocenters. The normalized spacial score (nSPS) is 35.8. The van der Waals surface area contributed by atoms with Crippen LogP contribution >= 0.6 is 0 Å². The lowest BCUT2D eigenvalue weighted by Crippen LogP contribution is -2.03. The van der Waals surface area contributed by atoms with Crippen molar-refractivity contribution < 1.29 is 5.11 Å². The van der Waals surface area contributed by atoms with Crippen molar-refractivity contribution in [1.29, 1.82) is 0 Å². The van der Waals surface area contributed by atoms with Crippen LogP contribution in [0.4, 0.5) is 0 Å². The Morgan fingerprint density at radius 1 is 1.33 bits per heavy atom. The summed E-state index contributed by atoms with van der Waals surface area (Å²) in [4.78, 5) is 0. The van der Waals surface area contributed by atoms with Crippen LogP contribution in [0, 0.1) is 17.8 Å². The maximum atomic E-state index is 9.03. The minimum Gasteiger partial charge on any atom is -0.396 e. The van der Waals surface area contributed by atoms with Crippen molar-refractivity contribution in [3.63, 3.8) is 0 Å². The van der Waals surface area contributed by atoms with Gasteiger partial charge in [0.2, 0.25) is 0 Å². The average Bonchev–Trinajstić information content (AvgIpc) is 2.43. The Morgan fingerprint density at radius 3 is 2.58 bits per heavy atom. The van der Waals surface area contributed by atoms with E-state index in [0.29, 0.717) is 12.5 Å². The van der Waals surface area contributed by atoms with Crippen LogP contribution in [0.5, 0.6) is 0 Å². The smallest absolute Gasteiger partial charge is 0.0459 e. The fourth-order valence-corrected chi connectivity index (χ4v) is 2.49. The van der Waals surface area contributed by atoms with Gasteiger partial charge in [0.25, 0.3) is 0 Å². The molecular weight excluding hydrogens is 148 g/mol. The minimum atomic E-state index is 0.410. The van der Waals surface area contributed by atoms with Gasteiger partial charge in [-0.1, -0.05) is 33.1 Å². The van der Waals surface area contributed by atoms with E-state index in [-0.39, 0.29) is 0 Å². The predicted octanol–water partition coefficient (Wildman–Crippen LogP) is 2.83. The molecule has 1 nitrogen and oxygen atoms in total. The molecule has 1 aliphatic carbocycles. The Balaban J connectivity index is 2.25. The molecule has 0 saturated heterocycles. The zero-order chi connectivity index (χ0) is 8.97. The van der Waals surface area contributed by atoms with E-state index in [4.69, 9.17) is 5.11 Å². The summed E-state index contributed by atoms with van der Waals surface area (Å²) in [6, 6.07) is 0. The Hall–Kier alpha value is -0.0400. The van der Waals surface area contributed by atoms with Gasteiger partial charge in [-0.3, -0.25) is 0 Å². The number of aliphatic hydroxyl groups is 1. The Kier molecular flexibility index (Phi) is 4.07. The predicted molar refractivity (Wildman–Crippen MR) is 52.0 cm³/mol. The van der Waals surface area contributed by atoms with E-state index in [1.165, 1.54) is 32.1 Å². The van der Waals surface area contributed by atoms with Crippen molar-refractivity contribution in [2.45, 2.75) is 46.0 Å². The maximum Gasteiger partial charge on any atom is 0.0459 e. The molecule has 0 aromatic rings. The lowest BCUT2D eigenvalue weighted by molar-refractivity contribution is 0.224. The zero-order valence-corrected chi connectivity index (χ0v) is 8.42. The zero-order valence-electron chi connectivity index (χ0n) is 8.42. The highest BCUT2D eigenvalue weighted by molar-refractivity contribution is 4.80. The van der Waals surface area contributed by atoms with Crippen LogP contribution in [-0.2, 0) is 0 Å². The van der Waals surface area contributed by atoms with Gasteiger partial charge >= 0.3 is 0 Å². The fraction of sp³-hybridized carbons (Fsp3) is 1.00. The largest absolute Gasteiger partial charge is 0.396 e. The van der Waals surface area contributed by atoms with Crippen LogP contribution in [0.3, 0.4) is 0 Å². The van der Waals surface area contributed by atoms with Crippen LogP contribution in [0.2, 0.25) is 0 Å². The first kappa shape index (κ1) is 10.0. The second kappa shape index (κ2) is 4.86. The molecule has 0 heterocycles. The third-order valence-electron chi connectivity index (χ3n) is 3.33. The molecule has 1 aliphatic rings. The summed E-state index contributed by atoms with van der Waals surface area (Å²) in [7, 11) is 0. The highest BCUT2D eigenvalue weighted by Gasteiger charge is 2.29. The van der Waals surface area contributed by atoms with Gasteiger partial charge in [-0.25, -0.2) is 0 Å².